The van der Waals surface area contributed by atoms with Gasteiger partial charge in [0.25, 0.3) is 0 Å². The summed E-state index contributed by atoms with van der Waals surface area (Å²) in [6.45, 7) is 12.8. The molecule has 0 aliphatic rings. The van der Waals surface area contributed by atoms with Gasteiger partial charge in [-0.2, -0.15) is 0 Å². The van der Waals surface area contributed by atoms with Crippen molar-refractivity contribution in [1.29, 1.82) is 0 Å². The third-order valence-corrected chi connectivity index (χ3v) is 3.82. The molecule has 0 radical (unpaired) electrons. The van der Waals surface area contributed by atoms with Gasteiger partial charge in [0.1, 0.15) is 5.75 Å². The van der Waals surface area contributed by atoms with Crippen LogP contribution in [0.25, 0.3) is 0 Å². The molecule has 1 N–H and O–H groups in total. The third kappa shape index (κ3) is 2.95. The van der Waals surface area contributed by atoms with Crippen LogP contribution in [0.1, 0.15) is 59.1 Å². The van der Waals surface area contributed by atoms with E-state index in [0.717, 1.165) is 12.0 Å². The van der Waals surface area contributed by atoms with E-state index >= 15 is 0 Å². The average molecular weight is 255 g/mol. The van der Waals surface area contributed by atoms with Gasteiger partial charge in [0.05, 0.1) is 5.02 Å². The summed E-state index contributed by atoms with van der Waals surface area (Å²) in [7, 11) is 0. The van der Waals surface area contributed by atoms with Crippen molar-refractivity contribution in [2.45, 2.75) is 58.8 Å². The van der Waals surface area contributed by atoms with E-state index in [1.54, 1.807) is 0 Å². The number of hydrogen-bond acceptors (Lipinski definition) is 1. The molecule has 0 saturated heterocycles. The minimum Gasteiger partial charge on any atom is -0.506 e. The molecule has 1 aromatic carbocycles. The first-order chi connectivity index (χ1) is 7.59. The Morgan fingerprint density at radius 1 is 1.12 bits per heavy atom. The Morgan fingerprint density at radius 3 is 2.06 bits per heavy atom. The molecule has 2 heteroatoms. The lowest BCUT2D eigenvalue weighted by Gasteiger charge is -2.28. The topological polar surface area (TPSA) is 20.2 Å². The van der Waals surface area contributed by atoms with E-state index in [-0.39, 0.29) is 16.6 Å². The quantitative estimate of drug-likeness (QED) is 0.785. The molecule has 0 amide bonds. The molecule has 1 aromatic rings. The molecule has 96 valence electrons. The van der Waals surface area contributed by atoms with Crippen LogP contribution in [-0.4, -0.2) is 5.11 Å². The molecule has 0 aliphatic carbocycles. The smallest absolute Gasteiger partial charge is 0.137 e. The van der Waals surface area contributed by atoms with Gasteiger partial charge >= 0.3 is 0 Å². The number of phenols is 1. The fraction of sp³-hybridized carbons (Fsp3) is 0.600. The van der Waals surface area contributed by atoms with Gasteiger partial charge < -0.3 is 5.11 Å². The van der Waals surface area contributed by atoms with Gasteiger partial charge in [-0.1, -0.05) is 59.2 Å². The zero-order valence-corrected chi connectivity index (χ0v) is 12.4. The SMILES string of the molecule is CCC(C)(C)c1cc(Cl)c(O)c(C(C)(C)C)c1. The molecular formula is C15H23ClO. The van der Waals surface area contributed by atoms with E-state index in [9.17, 15) is 5.11 Å². The van der Waals surface area contributed by atoms with Crippen LogP contribution in [0, 0.1) is 0 Å². The highest BCUT2D eigenvalue weighted by atomic mass is 35.5. The standard InChI is InChI=1S/C15H23ClO/c1-7-15(5,6)10-8-11(14(2,3)4)13(17)12(16)9-10/h8-9,17H,7H2,1-6H3. The Hall–Kier alpha value is -0.690. The normalized spacial score (nSPS) is 12.9. The van der Waals surface area contributed by atoms with Crippen molar-refractivity contribution in [2.75, 3.05) is 0 Å². The molecule has 0 spiro atoms. The third-order valence-electron chi connectivity index (χ3n) is 3.54. The molecule has 0 atom stereocenters. The molecule has 0 fully saturated rings. The molecule has 0 aliphatic heterocycles. The molecule has 0 unspecified atom stereocenters. The minimum atomic E-state index is -0.104. The van der Waals surface area contributed by atoms with Crippen molar-refractivity contribution >= 4 is 11.6 Å². The first kappa shape index (κ1) is 14.4. The highest BCUT2D eigenvalue weighted by Crippen LogP contribution is 2.40. The Bertz CT molecular complexity index is 414. The van der Waals surface area contributed by atoms with Gasteiger partial charge in [-0.3, -0.25) is 0 Å². The Morgan fingerprint density at radius 2 is 1.65 bits per heavy atom. The first-order valence-corrected chi connectivity index (χ1v) is 6.51. The lowest BCUT2D eigenvalue weighted by Crippen LogP contribution is -2.18. The molecule has 0 saturated carbocycles. The summed E-state index contributed by atoms with van der Waals surface area (Å²) < 4.78 is 0. The fourth-order valence-corrected chi connectivity index (χ4v) is 1.98. The van der Waals surface area contributed by atoms with E-state index in [4.69, 9.17) is 11.6 Å². The summed E-state index contributed by atoms with van der Waals surface area (Å²) in [4.78, 5) is 0. The summed E-state index contributed by atoms with van der Waals surface area (Å²) in [5.41, 5.74) is 2.08. The summed E-state index contributed by atoms with van der Waals surface area (Å²) in [6, 6.07) is 3.97. The second-order valence-electron chi connectivity index (χ2n) is 6.34. The van der Waals surface area contributed by atoms with E-state index in [1.807, 2.05) is 6.07 Å². The zero-order chi connectivity index (χ0) is 13.4. The Kier molecular flexibility index (Phi) is 3.83. The van der Waals surface area contributed by atoms with Crippen LogP contribution in [0.15, 0.2) is 12.1 Å². The molecule has 0 bridgehead atoms. The number of aromatic hydroxyl groups is 1. The summed E-state index contributed by atoms with van der Waals surface area (Å²) in [5, 5.41) is 10.5. The predicted octanol–water partition coefficient (Wildman–Crippen LogP) is 5.03. The second kappa shape index (κ2) is 4.53. The molecule has 0 heterocycles. The van der Waals surface area contributed by atoms with Crippen LogP contribution in [0.3, 0.4) is 0 Å². The molecule has 17 heavy (non-hydrogen) atoms. The van der Waals surface area contributed by atoms with Crippen LogP contribution in [0.2, 0.25) is 5.02 Å². The fourth-order valence-electron chi connectivity index (χ4n) is 1.77. The van der Waals surface area contributed by atoms with E-state index in [2.05, 4.69) is 47.6 Å². The molecule has 1 nitrogen and oxygen atoms in total. The monoisotopic (exact) mass is 254 g/mol. The van der Waals surface area contributed by atoms with Crippen molar-refractivity contribution in [3.05, 3.63) is 28.3 Å². The first-order valence-electron chi connectivity index (χ1n) is 6.13. The Balaban J connectivity index is 3.45. The van der Waals surface area contributed by atoms with Crippen molar-refractivity contribution in [1.82, 2.24) is 0 Å². The number of phenolic OH excluding ortho intramolecular Hbond substituents is 1. The lowest BCUT2D eigenvalue weighted by molar-refractivity contribution is 0.442. The van der Waals surface area contributed by atoms with Gasteiger partial charge in [0, 0.05) is 5.56 Å². The summed E-state index contributed by atoms with van der Waals surface area (Å²) in [5.74, 6) is 0.217. The van der Waals surface area contributed by atoms with Gasteiger partial charge in [-0.05, 0) is 28.9 Å². The maximum Gasteiger partial charge on any atom is 0.137 e. The second-order valence-corrected chi connectivity index (χ2v) is 6.75. The van der Waals surface area contributed by atoms with Gasteiger partial charge in [0.2, 0.25) is 0 Å². The van der Waals surface area contributed by atoms with Crippen LogP contribution < -0.4 is 0 Å². The van der Waals surface area contributed by atoms with Crippen LogP contribution >= 0.6 is 11.6 Å². The summed E-state index contributed by atoms with van der Waals surface area (Å²) in [6.07, 6.45) is 1.04. The maximum absolute atomic E-state index is 10.1. The van der Waals surface area contributed by atoms with Crippen LogP contribution in [0.4, 0.5) is 0 Å². The number of hydrogen-bond donors (Lipinski definition) is 1. The maximum atomic E-state index is 10.1. The van der Waals surface area contributed by atoms with Crippen molar-refractivity contribution in [3.8, 4) is 5.75 Å². The molecule has 0 aromatic heterocycles. The average Bonchev–Trinajstić information content (AvgIpc) is 2.19. The zero-order valence-electron chi connectivity index (χ0n) is 11.7. The van der Waals surface area contributed by atoms with E-state index in [0.29, 0.717) is 5.02 Å². The molecule has 1 rings (SSSR count). The highest BCUT2D eigenvalue weighted by molar-refractivity contribution is 6.32. The van der Waals surface area contributed by atoms with Gasteiger partial charge in [-0.25, -0.2) is 0 Å². The van der Waals surface area contributed by atoms with E-state index < -0.39 is 0 Å². The van der Waals surface area contributed by atoms with Crippen molar-refractivity contribution < 1.29 is 5.11 Å². The molecular weight excluding hydrogens is 232 g/mol. The summed E-state index contributed by atoms with van der Waals surface area (Å²) >= 11 is 6.14. The minimum absolute atomic E-state index is 0.0807. The number of benzene rings is 1. The predicted molar refractivity (Wildman–Crippen MR) is 75.1 cm³/mol. The van der Waals surface area contributed by atoms with Gasteiger partial charge in [-0.15, -0.1) is 0 Å². The lowest BCUT2D eigenvalue weighted by atomic mass is 9.78. The van der Waals surface area contributed by atoms with Gasteiger partial charge in [0.15, 0.2) is 0 Å². The largest absolute Gasteiger partial charge is 0.506 e. The van der Waals surface area contributed by atoms with Crippen molar-refractivity contribution in [2.24, 2.45) is 0 Å². The number of halogens is 1. The van der Waals surface area contributed by atoms with Crippen LogP contribution in [0.5, 0.6) is 5.75 Å². The Labute approximate surface area is 110 Å². The van der Waals surface area contributed by atoms with Crippen LogP contribution in [-0.2, 0) is 10.8 Å². The van der Waals surface area contributed by atoms with E-state index in [1.165, 1.54) is 5.56 Å². The van der Waals surface area contributed by atoms with Crippen molar-refractivity contribution in [3.63, 3.8) is 0 Å². The highest BCUT2D eigenvalue weighted by Gasteiger charge is 2.25. The number of rotatable bonds is 2.